The predicted molar refractivity (Wildman–Crippen MR) is 79.6 cm³/mol. The number of benzene rings is 1. The SMILES string of the molecule is CC(CCO)NC(C)(CN)Cc1ccc(Br)cc1. The lowest BCUT2D eigenvalue weighted by Crippen LogP contribution is -2.54. The fourth-order valence-corrected chi connectivity index (χ4v) is 2.36. The molecular weight excluding hydrogens is 292 g/mol. The van der Waals surface area contributed by atoms with Crippen molar-refractivity contribution in [3.05, 3.63) is 34.3 Å². The largest absolute Gasteiger partial charge is 0.396 e. The Morgan fingerprint density at radius 1 is 1.39 bits per heavy atom. The summed E-state index contributed by atoms with van der Waals surface area (Å²) in [5.74, 6) is 0. The second-order valence-corrected chi connectivity index (χ2v) is 6.04. The van der Waals surface area contributed by atoms with E-state index in [1.807, 2.05) is 12.1 Å². The number of nitrogens with two attached hydrogens (primary N) is 1. The van der Waals surface area contributed by atoms with Gasteiger partial charge in [-0.3, -0.25) is 0 Å². The first kappa shape index (κ1) is 15.6. The Labute approximate surface area is 118 Å². The third-order valence-electron chi connectivity index (χ3n) is 3.12. The van der Waals surface area contributed by atoms with Crippen LogP contribution in [0.2, 0.25) is 0 Å². The van der Waals surface area contributed by atoms with Gasteiger partial charge in [0.05, 0.1) is 0 Å². The Morgan fingerprint density at radius 2 is 2.00 bits per heavy atom. The lowest BCUT2D eigenvalue weighted by atomic mass is 9.91. The molecule has 18 heavy (non-hydrogen) atoms. The van der Waals surface area contributed by atoms with Gasteiger partial charge in [-0.25, -0.2) is 0 Å². The summed E-state index contributed by atoms with van der Waals surface area (Å²) in [6, 6.07) is 8.57. The van der Waals surface area contributed by atoms with Crippen LogP contribution in [0.25, 0.3) is 0 Å². The van der Waals surface area contributed by atoms with E-state index in [0.717, 1.165) is 17.3 Å². The maximum Gasteiger partial charge on any atom is 0.0445 e. The molecule has 1 rings (SSSR count). The molecule has 3 nitrogen and oxygen atoms in total. The zero-order chi connectivity index (χ0) is 13.6. The Balaban J connectivity index is 2.66. The van der Waals surface area contributed by atoms with Crippen LogP contribution in [-0.2, 0) is 6.42 Å². The first-order chi connectivity index (χ1) is 8.49. The molecule has 1 aromatic rings. The molecule has 0 heterocycles. The van der Waals surface area contributed by atoms with Crippen LogP contribution in [0.5, 0.6) is 0 Å². The minimum atomic E-state index is -0.136. The second kappa shape index (κ2) is 7.24. The number of halogens is 1. The molecule has 102 valence electrons. The van der Waals surface area contributed by atoms with Gasteiger partial charge < -0.3 is 16.2 Å². The van der Waals surface area contributed by atoms with Crippen molar-refractivity contribution < 1.29 is 5.11 Å². The van der Waals surface area contributed by atoms with Crippen LogP contribution in [0.15, 0.2) is 28.7 Å². The van der Waals surface area contributed by atoms with Crippen molar-refractivity contribution in [2.24, 2.45) is 5.73 Å². The molecule has 0 aliphatic rings. The quantitative estimate of drug-likeness (QED) is 0.722. The van der Waals surface area contributed by atoms with Crippen molar-refractivity contribution in [1.82, 2.24) is 5.32 Å². The molecule has 0 bridgehead atoms. The van der Waals surface area contributed by atoms with Gasteiger partial charge in [-0.1, -0.05) is 28.1 Å². The fourth-order valence-electron chi connectivity index (χ4n) is 2.10. The molecule has 0 saturated carbocycles. The van der Waals surface area contributed by atoms with Crippen molar-refractivity contribution in [2.75, 3.05) is 13.2 Å². The highest BCUT2D eigenvalue weighted by atomic mass is 79.9. The monoisotopic (exact) mass is 314 g/mol. The molecule has 2 unspecified atom stereocenters. The summed E-state index contributed by atoms with van der Waals surface area (Å²) >= 11 is 3.43. The van der Waals surface area contributed by atoms with Gasteiger partial charge in [0.25, 0.3) is 0 Å². The standard InChI is InChI=1S/C14H23BrN2O/c1-11(7-8-18)17-14(2,10-16)9-12-3-5-13(15)6-4-12/h3-6,11,17-18H,7-10,16H2,1-2H3. The first-order valence-electron chi connectivity index (χ1n) is 6.32. The normalized spacial score (nSPS) is 16.3. The third-order valence-corrected chi connectivity index (χ3v) is 3.64. The van der Waals surface area contributed by atoms with Crippen molar-refractivity contribution in [2.45, 2.75) is 38.3 Å². The molecule has 0 spiro atoms. The first-order valence-corrected chi connectivity index (χ1v) is 7.11. The summed E-state index contributed by atoms with van der Waals surface area (Å²) in [7, 11) is 0. The molecule has 0 amide bonds. The number of hydrogen-bond acceptors (Lipinski definition) is 3. The van der Waals surface area contributed by atoms with Gasteiger partial charge in [-0.15, -0.1) is 0 Å². The van der Waals surface area contributed by atoms with E-state index >= 15 is 0 Å². The number of aliphatic hydroxyl groups is 1. The lowest BCUT2D eigenvalue weighted by Gasteiger charge is -2.33. The van der Waals surface area contributed by atoms with E-state index in [2.05, 4.69) is 47.2 Å². The van der Waals surface area contributed by atoms with Crippen molar-refractivity contribution in [1.29, 1.82) is 0 Å². The molecule has 4 N–H and O–H groups in total. The van der Waals surface area contributed by atoms with E-state index in [-0.39, 0.29) is 18.2 Å². The van der Waals surface area contributed by atoms with Crippen LogP contribution in [0.3, 0.4) is 0 Å². The van der Waals surface area contributed by atoms with E-state index in [1.54, 1.807) is 0 Å². The molecule has 0 saturated heterocycles. The minimum absolute atomic E-state index is 0.136. The lowest BCUT2D eigenvalue weighted by molar-refractivity contribution is 0.243. The summed E-state index contributed by atoms with van der Waals surface area (Å²) in [6.45, 7) is 4.97. The summed E-state index contributed by atoms with van der Waals surface area (Å²) in [5, 5.41) is 12.5. The van der Waals surface area contributed by atoms with Crippen LogP contribution in [0, 0.1) is 0 Å². The number of nitrogens with one attached hydrogen (secondary N) is 1. The topological polar surface area (TPSA) is 58.3 Å². The van der Waals surface area contributed by atoms with Crippen LogP contribution >= 0.6 is 15.9 Å². The van der Waals surface area contributed by atoms with Gasteiger partial charge in [0, 0.05) is 29.2 Å². The van der Waals surface area contributed by atoms with Gasteiger partial charge in [0.1, 0.15) is 0 Å². The molecule has 0 fully saturated rings. The summed E-state index contributed by atoms with van der Waals surface area (Å²) in [5.41, 5.74) is 7.02. The van der Waals surface area contributed by atoms with Crippen LogP contribution in [0.4, 0.5) is 0 Å². The van der Waals surface area contributed by atoms with Gasteiger partial charge in [-0.2, -0.15) is 0 Å². The molecule has 1 aromatic carbocycles. The second-order valence-electron chi connectivity index (χ2n) is 5.13. The maximum absolute atomic E-state index is 8.95. The van der Waals surface area contributed by atoms with E-state index in [4.69, 9.17) is 10.8 Å². The fraction of sp³-hybridized carbons (Fsp3) is 0.571. The molecule has 0 aliphatic heterocycles. The summed E-state index contributed by atoms with van der Waals surface area (Å²) < 4.78 is 1.09. The Hall–Kier alpha value is -0.420. The summed E-state index contributed by atoms with van der Waals surface area (Å²) in [6.07, 6.45) is 1.63. The molecule has 2 atom stereocenters. The highest BCUT2D eigenvalue weighted by molar-refractivity contribution is 9.10. The highest BCUT2D eigenvalue weighted by Gasteiger charge is 2.24. The van der Waals surface area contributed by atoms with Gasteiger partial charge in [-0.05, 0) is 44.4 Å². The molecule has 0 aromatic heterocycles. The molecule has 0 aliphatic carbocycles. The van der Waals surface area contributed by atoms with Crippen molar-refractivity contribution >= 4 is 15.9 Å². The zero-order valence-electron chi connectivity index (χ0n) is 11.1. The molecular formula is C14H23BrN2O. The minimum Gasteiger partial charge on any atom is -0.396 e. The average Bonchev–Trinajstić information content (AvgIpc) is 2.32. The zero-order valence-corrected chi connectivity index (χ0v) is 12.7. The third kappa shape index (κ3) is 5.06. The number of hydrogen-bond donors (Lipinski definition) is 3. The number of aliphatic hydroxyl groups excluding tert-OH is 1. The average molecular weight is 315 g/mol. The van der Waals surface area contributed by atoms with Gasteiger partial charge in [0.2, 0.25) is 0 Å². The Morgan fingerprint density at radius 3 is 2.50 bits per heavy atom. The van der Waals surface area contributed by atoms with Crippen LogP contribution in [-0.4, -0.2) is 29.8 Å². The van der Waals surface area contributed by atoms with E-state index in [9.17, 15) is 0 Å². The van der Waals surface area contributed by atoms with Crippen LogP contribution in [0.1, 0.15) is 25.8 Å². The van der Waals surface area contributed by atoms with Crippen LogP contribution < -0.4 is 11.1 Å². The van der Waals surface area contributed by atoms with Gasteiger partial charge >= 0.3 is 0 Å². The van der Waals surface area contributed by atoms with Crippen molar-refractivity contribution in [3.63, 3.8) is 0 Å². The number of rotatable bonds is 7. The predicted octanol–water partition coefficient (Wildman–Crippen LogP) is 2.07. The maximum atomic E-state index is 8.95. The summed E-state index contributed by atoms with van der Waals surface area (Å²) in [4.78, 5) is 0. The molecule has 4 heteroatoms. The Bertz CT molecular complexity index is 355. The van der Waals surface area contributed by atoms with Crippen molar-refractivity contribution in [3.8, 4) is 0 Å². The van der Waals surface area contributed by atoms with E-state index in [0.29, 0.717) is 6.54 Å². The highest BCUT2D eigenvalue weighted by Crippen LogP contribution is 2.16. The van der Waals surface area contributed by atoms with E-state index < -0.39 is 0 Å². The smallest absolute Gasteiger partial charge is 0.0445 e. The van der Waals surface area contributed by atoms with Gasteiger partial charge in [0.15, 0.2) is 0 Å². The van der Waals surface area contributed by atoms with E-state index in [1.165, 1.54) is 5.56 Å². The molecule has 0 radical (unpaired) electrons. The Kier molecular flexibility index (Phi) is 6.29.